The van der Waals surface area contributed by atoms with E-state index in [0.29, 0.717) is 39.0 Å². The topological polar surface area (TPSA) is 76.7 Å². The standard InChI is InChI=1S/C21H15ClN2O4/c22-14-5-3-4-13(10-14)20(25)24-17-7-2-1-6-16(17)21(26)23-15-8-9-18-19(11-15)28-12-27-18/h1-11H,12H2,(H,23,26)(H,24,25). The van der Waals surface area contributed by atoms with E-state index in [1.54, 1.807) is 66.7 Å². The van der Waals surface area contributed by atoms with Crippen molar-refractivity contribution in [2.75, 3.05) is 17.4 Å². The number of nitrogens with one attached hydrogen (secondary N) is 2. The summed E-state index contributed by atoms with van der Waals surface area (Å²) in [6.07, 6.45) is 0. The van der Waals surface area contributed by atoms with E-state index in [-0.39, 0.29) is 18.6 Å². The molecule has 6 nitrogen and oxygen atoms in total. The first-order valence-corrected chi connectivity index (χ1v) is 8.85. The highest BCUT2D eigenvalue weighted by atomic mass is 35.5. The van der Waals surface area contributed by atoms with Crippen molar-refractivity contribution in [2.24, 2.45) is 0 Å². The molecule has 2 amide bonds. The average Bonchev–Trinajstić information content (AvgIpc) is 3.16. The smallest absolute Gasteiger partial charge is 0.257 e. The summed E-state index contributed by atoms with van der Waals surface area (Å²) in [7, 11) is 0. The molecule has 1 aliphatic heterocycles. The van der Waals surface area contributed by atoms with Gasteiger partial charge in [0.05, 0.1) is 11.3 Å². The summed E-state index contributed by atoms with van der Waals surface area (Å²) in [4.78, 5) is 25.2. The summed E-state index contributed by atoms with van der Waals surface area (Å²) in [5.41, 5.74) is 1.69. The molecule has 7 heteroatoms. The zero-order valence-corrected chi connectivity index (χ0v) is 15.3. The van der Waals surface area contributed by atoms with Gasteiger partial charge in [0, 0.05) is 22.3 Å². The molecule has 140 valence electrons. The lowest BCUT2D eigenvalue weighted by atomic mass is 10.1. The molecule has 3 aromatic carbocycles. The highest BCUT2D eigenvalue weighted by Crippen LogP contribution is 2.34. The van der Waals surface area contributed by atoms with E-state index in [9.17, 15) is 9.59 Å². The minimum atomic E-state index is -0.360. The lowest BCUT2D eigenvalue weighted by Gasteiger charge is -2.12. The Morgan fingerprint density at radius 2 is 1.64 bits per heavy atom. The molecule has 1 aliphatic rings. The molecule has 0 spiro atoms. The molecule has 4 rings (SSSR count). The Bertz CT molecular complexity index is 1070. The number of carbonyl (C=O) groups excluding carboxylic acids is 2. The quantitative estimate of drug-likeness (QED) is 0.679. The van der Waals surface area contributed by atoms with E-state index in [1.165, 1.54) is 0 Å². The molecule has 0 saturated heterocycles. The molecular weight excluding hydrogens is 380 g/mol. The number of carbonyl (C=O) groups is 2. The Hall–Kier alpha value is -3.51. The molecule has 0 aromatic heterocycles. The molecule has 0 bridgehead atoms. The van der Waals surface area contributed by atoms with Gasteiger partial charge in [0.25, 0.3) is 11.8 Å². The van der Waals surface area contributed by atoms with Gasteiger partial charge in [0.1, 0.15) is 0 Å². The number of fused-ring (bicyclic) bond motifs is 1. The van der Waals surface area contributed by atoms with Gasteiger partial charge in [-0.15, -0.1) is 0 Å². The van der Waals surface area contributed by atoms with Crippen molar-refractivity contribution in [3.63, 3.8) is 0 Å². The van der Waals surface area contributed by atoms with Crippen LogP contribution in [0, 0.1) is 0 Å². The van der Waals surface area contributed by atoms with E-state index in [1.807, 2.05) is 0 Å². The van der Waals surface area contributed by atoms with Gasteiger partial charge in [0.15, 0.2) is 11.5 Å². The fourth-order valence-corrected chi connectivity index (χ4v) is 2.98. The number of hydrogen-bond acceptors (Lipinski definition) is 4. The Labute approximate surface area is 166 Å². The molecule has 1 heterocycles. The van der Waals surface area contributed by atoms with Crippen molar-refractivity contribution in [1.29, 1.82) is 0 Å². The van der Waals surface area contributed by atoms with Crippen molar-refractivity contribution in [2.45, 2.75) is 0 Å². The maximum absolute atomic E-state index is 12.8. The fraction of sp³-hybridized carbons (Fsp3) is 0.0476. The minimum Gasteiger partial charge on any atom is -0.454 e. The van der Waals surface area contributed by atoms with Crippen molar-refractivity contribution in [3.8, 4) is 11.5 Å². The average molecular weight is 395 g/mol. The van der Waals surface area contributed by atoms with Gasteiger partial charge < -0.3 is 20.1 Å². The van der Waals surface area contributed by atoms with E-state index >= 15 is 0 Å². The first-order valence-electron chi connectivity index (χ1n) is 8.47. The van der Waals surface area contributed by atoms with E-state index in [4.69, 9.17) is 21.1 Å². The summed E-state index contributed by atoms with van der Waals surface area (Å²) in [6.45, 7) is 0.158. The number of para-hydroxylation sites is 1. The molecule has 0 radical (unpaired) electrons. The lowest BCUT2D eigenvalue weighted by Crippen LogP contribution is -2.18. The first-order chi connectivity index (χ1) is 13.6. The zero-order valence-electron chi connectivity index (χ0n) is 14.6. The van der Waals surface area contributed by atoms with Gasteiger partial charge in [-0.2, -0.15) is 0 Å². The largest absolute Gasteiger partial charge is 0.454 e. The SMILES string of the molecule is O=C(Nc1ccccc1C(=O)Nc1ccc2c(c1)OCO2)c1cccc(Cl)c1. The maximum atomic E-state index is 12.8. The molecule has 3 aromatic rings. The minimum absolute atomic E-state index is 0.158. The molecule has 0 atom stereocenters. The summed E-state index contributed by atoms with van der Waals surface area (Å²) in [5, 5.41) is 6.02. The molecule has 0 unspecified atom stereocenters. The monoisotopic (exact) mass is 394 g/mol. The van der Waals surface area contributed by atoms with E-state index in [2.05, 4.69) is 10.6 Å². The summed E-state index contributed by atoms with van der Waals surface area (Å²) in [6, 6.07) is 18.5. The second-order valence-electron chi connectivity index (χ2n) is 6.03. The zero-order chi connectivity index (χ0) is 19.5. The predicted molar refractivity (Wildman–Crippen MR) is 106 cm³/mol. The number of ether oxygens (including phenoxy) is 2. The van der Waals surface area contributed by atoms with Gasteiger partial charge in [-0.05, 0) is 42.5 Å². The van der Waals surface area contributed by atoms with Crippen LogP contribution in [-0.2, 0) is 0 Å². The molecular formula is C21H15ClN2O4. The van der Waals surface area contributed by atoms with Gasteiger partial charge in [-0.25, -0.2) is 0 Å². The highest BCUT2D eigenvalue weighted by Gasteiger charge is 2.17. The van der Waals surface area contributed by atoms with Gasteiger partial charge in [-0.3, -0.25) is 9.59 Å². The molecule has 28 heavy (non-hydrogen) atoms. The molecule has 0 fully saturated rings. The lowest BCUT2D eigenvalue weighted by molar-refractivity contribution is 0.102. The fourth-order valence-electron chi connectivity index (χ4n) is 2.79. The third kappa shape index (κ3) is 3.77. The second kappa shape index (κ2) is 7.62. The van der Waals surface area contributed by atoms with Crippen LogP contribution in [-0.4, -0.2) is 18.6 Å². The van der Waals surface area contributed by atoms with Crippen molar-refractivity contribution in [3.05, 3.63) is 82.9 Å². The van der Waals surface area contributed by atoms with Crippen LogP contribution in [0.2, 0.25) is 5.02 Å². The van der Waals surface area contributed by atoms with Crippen LogP contribution >= 0.6 is 11.6 Å². The molecule has 2 N–H and O–H groups in total. The number of halogens is 1. The number of amides is 2. The van der Waals surface area contributed by atoms with Crippen molar-refractivity contribution in [1.82, 2.24) is 0 Å². The Morgan fingerprint density at radius 1 is 0.821 bits per heavy atom. The third-order valence-corrected chi connectivity index (χ3v) is 4.37. The second-order valence-corrected chi connectivity index (χ2v) is 6.47. The Balaban J connectivity index is 1.53. The Morgan fingerprint density at radius 3 is 2.50 bits per heavy atom. The van der Waals surface area contributed by atoms with Crippen LogP contribution in [0.3, 0.4) is 0 Å². The number of anilines is 2. The van der Waals surface area contributed by atoms with Crippen molar-refractivity contribution >= 4 is 34.8 Å². The van der Waals surface area contributed by atoms with E-state index in [0.717, 1.165) is 0 Å². The summed E-state index contributed by atoms with van der Waals surface area (Å²) in [5.74, 6) is 0.485. The maximum Gasteiger partial charge on any atom is 0.257 e. The van der Waals surface area contributed by atoms with Crippen LogP contribution in [0.4, 0.5) is 11.4 Å². The summed E-state index contributed by atoms with van der Waals surface area (Å²) >= 11 is 5.94. The number of benzene rings is 3. The molecule has 0 saturated carbocycles. The van der Waals surface area contributed by atoms with Crippen LogP contribution in [0.1, 0.15) is 20.7 Å². The van der Waals surface area contributed by atoms with Crippen LogP contribution < -0.4 is 20.1 Å². The van der Waals surface area contributed by atoms with Gasteiger partial charge >= 0.3 is 0 Å². The van der Waals surface area contributed by atoms with Crippen LogP contribution in [0.25, 0.3) is 0 Å². The third-order valence-electron chi connectivity index (χ3n) is 4.14. The number of hydrogen-bond donors (Lipinski definition) is 2. The summed E-state index contributed by atoms with van der Waals surface area (Å²) < 4.78 is 10.6. The normalized spacial score (nSPS) is 11.8. The van der Waals surface area contributed by atoms with Gasteiger partial charge in [0.2, 0.25) is 6.79 Å². The predicted octanol–water partition coefficient (Wildman–Crippen LogP) is 4.57. The Kier molecular flexibility index (Phi) is 4.87. The van der Waals surface area contributed by atoms with Crippen LogP contribution in [0.15, 0.2) is 66.7 Å². The molecule has 0 aliphatic carbocycles. The van der Waals surface area contributed by atoms with Gasteiger partial charge in [-0.1, -0.05) is 29.8 Å². The number of rotatable bonds is 4. The van der Waals surface area contributed by atoms with Crippen LogP contribution in [0.5, 0.6) is 11.5 Å². The van der Waals surface area contributed by atoms with Crippen molar-refractivity contribution < 1.29 is 19.1 Å². The first kappa shape index (κ1) is 17.9. The van der Waals surface area contributed by atoms with E-state index < -0.39 is 0 Å². The highest BCUT2D eigenvalue weighted by molar-refractivity contribution is 6.31.